The lowest BCUT2D eigenvalue weighted by atomic mass is 10.1. The van der Waals surface area contributed by atoms with Crippen LogP contribution in [0.15, 0.2) is 54.6 Å². The lowest BCUT2D eigenvalue weighted by Crippen LogP contribution is -2.36. The number of amides is 3. The second-order valence-corrected chi connectivity index (χ2v) is 6.88. The minimum Gasteiger partial charge on any atom is -0.350 e. The molecule has 3 rings (SSSR count). The molecule has 0 atom stereocenters. The third kappa shape index (κ3) is 4.86. The van der Waals surface area contributed by atoms with Crippen molar-refractivity contribution >= 4 is 34.5 Å². The van der Waals surface area contributed by atoms with Crippen molar-refractivity contribution in [2.75, 3.05) is 24.2 Å². The van der Waals surface area contributed by atoms with E-state index in [-0.39, 0.29) is 23.6 Å². The number of nitrogens with zero attached hydrogens (tertiary/aromatic N) is 1. The summed E-state index contributed by atoms with van der Waals surface area (Å²) < 4.78 is 0. The third-order valence-corrected chi connectivity index (χ3v) is 4.78. The van der Waals surface area contributed by atoms with Gasteiger partial charge in [-0.3, -0.25) is 14.4 Å². The van der Waals surface area contributed by atoms with Crippen LogP contribution in [0.2, 0.25) is 0 Å². The Balaban J connectivity index is 1.54. The average molecular weight is 369 g/mol. The minimum absolute atomic E-state index is 0.0558. The fourth-order valence-corrected chi connectivity index (χ4v) is 3.37. The molecule has 1 saturated heterocycles. The summed E-state index contributed by atoms with van der Waals surface area (Å²) in [6.45, 7) is 0.979. The number of thioether (sulfide) groups is 1. The molecule has 7 heteroatoms. The van der Waals surface area contributed by atoms with E-state index in [1.165, 1.54) is 16.7 Å². The summed E-state index contributed by atoms with van der Waals surface area (Å²) in [7, 11) is 0. The molecular weight excluding hydrogens is 350 g/mol. The van der Waals surface area contributed by atoms with E-state index in [2.05, 4.69) is 10.6 Å². The first kappa shape index (κ1) is 18.0. The van der Waals surface area contributed by atoms with Crippen LogP contribution in [0.1, 0.15) is 15.9 Å². The topological polar surface area (TPSA) is 78.5 Å². The van der Waals surface area contributed by atoms with E-state index in [0.29, 0.717) is 18.7 Å². The van der Waals surface area contributed by atoms with Crippen LogP contribution in [0.4, 0.5) is 10.5 Å². The van der Waals surface area contributed by atoms with Gasteiger partial charge in [0.05, 0.1) is 0 Å². The van der Waals surface area contributed by atoms with Crippen LogP contribution in [0, 0.1) is 0 Å². The van der Waals surface area contributed by atoms with Crippen LogP contribution in [-0.2, 0) is 11.3 Å². The lowest BCUT2D eigenvalue weighted by Gasteiger charge is -2.14. The van der Waals surface area contributed by atoms with E-state index in [4.69, 9.17) is 0 Å². The molecule has 0 unspecified atom stereocenters. The van der Waals surface area contributed by atoms with Crippen molar-refractivity contribution in [3.63, 3.8) is 0 Å². The number of benzene rings is 2. The monoisotopic (exact) mass is 369 g/mol. The van der Waals surface area contributed by atoms with Gasteiger partial charge in [-0.15, -0.1) is 0 Å². The van der Waals surface area contributed by atoms with Gasteiger partial charge in [-0.25, -0.2) is 0 Å². The van der Waals surface area contributed by atoms with Gasteiger partial charge >= 0.3 is 0 Å². The highest BCUT2D eigenvalue weighted by molar-refractivity contribution is 8.13. The van der Waals surface area contributed by atoms with E-state index < -0.39 is 0 Å². The van der Waals surface area contributed by atoms with Crippen molar-refractivity contribution in [3.05, 3.63) is 65.7 Å². The lowest BCUT2D eigenvalue weighted by molar-refractivity contribution is -0.121. The maximum atomic E-state index is 12.3. The summed E-state index contributed by atoms with van der Waals surface area (Å²) in [5.74, 6) is 0.314. The molecule has 3 amide bonds. The van der Waals surface area contributed by atoms with Crippen LogP contribution in [0.3, 0.4) is 0 Å². The molecule has 26 heavy (non-hydrogen) atoms. The molecule has 1 fully saturated rings. The zero-order chi connectivity index (χ0) is 18.4. The Bertz CT molecular complexity index is 811. The zero-order valence-corrected chi connectivity index (χ0v) is 14.9. The highest BCUT2D eigenvalue weighted by Crippen LogP contribution is 2.16. The van der Waals surface area contributed by atoms with Crippen molar-refractivity contribution in [1.29, 1.82) is 0 Å². The standard InChI is InChI=1S/C19H19N3O3S/c23-17(13-22-9-10-26-19(22)25)20-12-14-5-4-6-15(11-14)18(24)21-16-7-2-1-3-8-16/h1-8,11H,9-10,12-13H2,(H,20,23)(H,21,24). The van der Waals surface area contributed by atoms with Gasteiger partial charge in [0.25, 0.3) is 11.1 Å². The number of nitrogens with one attached hydrogen (secondary N) is 2. The number of anilines is 1. The van der Waals surface area contributed by atoms with Crippen LogP contribution < -0.4 is 10.6 Å². The van der Waals surface area contributed by atoms with Gasteiger partial charge in [-0.1, -0.05) is 42.1 Å². The summed E-state index contributed by atoms with van der Waals surface area (Å²) in [4.78, 5) is 37.4. The largest absolute Gasteiger partial charge is 0.350 e. The van der Waals surface area contributed by atoms with Crippen LogP contribution in [-0.4, -0.2) is 40.8 Å². The van der Waals surface area contributed by atoms with Crippen molar-refractivity contribution in [2.45, 2.75) is 6.54 Å². The summed E-state index contributed by atoms with van der Waals surface area (Å²) in [6, 6.07) is 16.3. The Morgan fingerprint density at radius 2 is 1.88 bits per heavy atom. The van der Waals surface area contributed by atoms with Crippen molar-refractivity contribution in [1.82, 2.24) is 10.2 Å². The first-order chi connectivity index (χ1) is 12.6. The molecule has 0 saturated carbocycles. The van der Waals surface area contributed by atoms with E-state index in [1.54, 1.807) is 18.2 Å². The molecule has 134 valence electrons. The number of carbonyl (C=O) groups excluding carboxylic acids is 3. The summed E-state index contributed by atoms with van der Waals surface area (Å²) >= 11 is 1.23. The Morgan fingerprint density at radius 1 is 1.08 bits per heavy atom. The van der Waals surface area contributed by atoms with Gasteiger partial charge in [-0.2, -0.15) is 0 Å². The minimum atomic E-state index is -0.208. The van der Waals surface area contributed by atoms with Crippen molar-refractivity contribution in [3.8, 4) is 0 Å². The smallest absolute Gasteiger partial charge is 0.282 e. The highest BCUT2D eigenvalue weighted by atomic mass is 32.2. The van der Waals surface area contributed by atoms with Gasteiger partial charge in [0.15, 0.2) is 0 Å². The number of para-hydroxylation sites is 1. The van der Waals surface area contributed by atoms with Crippen molar-refractivity contribution in [2.24, 2.45) is 0 Å². The van der Waals surface area contributed by atoms with Gasteiger partial charge in [0.2, 0.25) is 5.91 Å². The normalized spacial score (nSPS) is 13.5. The fraction of sp³-hybridized carbons (Fsp3) is 0.211. The summed E-state index contributed by atoms with van der Waals surface area (Å²) in [5.41, 5.74) is 2.07. The first-order valence-electron chi connectivity index (χ1n) is 8.25. The highest BCUT2D eigenvalue weighted by Gasteiger charge is 2.23. The predicted octanol–water partition coefficient (Wildman–Crippen LogP) is 2.72. The SMILES string of the molecule is O=C(CN1CCSC1=O)NCc1cccc(C(=O)Nc2ccccc2)c1. The van der Waals surface area contributed by atoms with E-state index in [1.807, 2.05) is 36.4 Å². The second kappa shape index (κ2) is 8.53. The molecule has 0 aromatic heterocycles. The molecule has 1 heterocycles. The number of hydrogen-bond donors (Lipinski definition) is 2. The Labute approximate surface area is 156 Å². The van der Waals surface area contributed by atoms with Gasteiger partial charge < -0.3 is 15.5 Å². The molecular formula is C19H19N3O3S. The molecule has 0 aliphatic carbocycles. The summed E-state index contributed by atoms with van der Waals surface area (Å²) in [6.07, 6.45) is 0. The van der Waals surface area contributed by atoms with E-state index in [9.17, 15) is 14.4 Å². The van der Waals surface area contributed by atoms with Crippen LogP contribution in [0.25, 0.3) is 0 Å². The average Bonchev–Trinajstić information content (AvgIpc) is 3.06. The first-order valence-corrected chi connectivity index (χ1v) is 9.24. The third-order valence-electron chi connectivity index (χ3n) is 3.89. The number of rotatable bonds is 6. The zero-order valence-electron chi connectivity index (χ0n) is 14.1. The molecule has 0 spiro atoms. The Morgan fingerprint density at radius 3 is 2.62 bits per heavy atom. The van der Waals surface area contributed by atoms with Crippen molar-refractivity contribution < 1.29 is 14.4 Å². The van der Waals surface area contributed by atoms with Gasteiger partial charge in [-0.05, 0) is 29.8 Å². The van der Waals surface area contributed by atoms with Crippen LogP contribution >= 0.6 is 11.8 Å². The maximum Gasteiger partial charge on any atom is 0.282 e. The fourth-order valence-electron chi connectivity index (χ4n) is 2.55. The van der Waals surface area contributed by atoms with Gasteiger partial charge in [0, 0.05) is 30.1 Å². The molecule has 1 aliphatic heterocycles. The molecule has 1 aliphatic rings. The maximum absolute atomic E-state index is 12.3. The molecule has 2 aromatic carbocycles. The number of hydrogen-bond acceptors (Lipinski definition) is 4. The quantitative estimate of drug-likeness (QED) is 0.821. The molecule has 6 nitrogen and oxygen atoms in total. The number of carbonyl (C=O) groups is 3. The Hall–Kier alpha value is -2.80. The van der Waals surface area contributed by atoms with Gasteiger partial charge in [0.1, 0.15) is 6.54 Å². The van der Waals surface area contributed by atoms with E-state index >= 15 is 0 Å². The second-order valence-electron chi connectivity index (χ2n) is 5.83. The Kier molecular flexibility index (Phi) is 5.91. The molecule has 2 N–H and O–H groups in total. The van der Waals surface area contributed by atoms with Crippen LogP contribution in [0.5, 0.6) is 0 Å². The molecule has 0 bridgehead atoms. The molecule has 0 radical (unpaired) electrons. The van der Waals surface area contributed by atoms with E-state index in [0.717, 1.165) is 17.0 Å². The predicted molar refractivity (Wildman–Crippen MR) is 102 cm³/mol. The summed E-state index contributed by atoms with van der Waals surface area (Å²) in [5, 5.41) is 5.56. The molecule has 2 aromatic rings.